The molecule has 234 valence electrons. The van der Waals surface area contributed by atoms with Gasteiger partial charge in [0.25, 0.3) is 0 Å². The van der Waals surface area contributed by atoms with Crippen LogP contribution >= 0.6 is 0 Å². The van der Waals surface area contributed by atoms with Crippen molar-refractivity contribution < 1.29 is 4.74 Å². The highest BCUT2D eigenvalue weighted by molar-refractivity contribution is 5.82. The van der Waals surface area contributed by atoms with Crippen molar-refractivity contribution in [1.82, 2.24) is 9.80 Å². The molecule has 6 aliphatic rings. The summed E-state index contributed by atoms with van der Waals surface area (Å²) in [5, 5.41) is 10.2. The van der Waals surface area contributed by atoms with E-state index in [0.29, 0.717) is 36.1 Å². The van der Waals surface area contributed by atoms with Gasteiger partial charge in [-0.25, -0.2) is 4.85 Å². The van der Waals surface area contributed by atoms with Crippen molar-refractivity contribution >= 4 is 17.1 Å². The first-order chi connectivity index (χ1) is 23.7. The summed E-state index contributed by atoms with van der Waals surface area (Å²) in [5.74, 6) is 1.22. The molecule has 0 amide bonds. The molecule has 3 aliphatic heterocycles. The molecule has 1 spiro atoms. The fourth-order valence-corrected chi connectivity index (χ4v) is 9.37. The highest BCUT2D eigenvalue weighted by Crippen LogP contribution is 2.60. The Morgan fingerprint density at radius 1 is 0.646 bits per heavy atom. The second-order valence-corrected chi connectivity index (χ2v) is 13.7. The van der Waals surface area contributed by atoms with Gasteiger partial charge in [0, 0.05) is 57.4 Å². The number of fused-ring (bicyclic) bond motifs is 21. The van der Waals surface area contributed by atoms with Gasteiger partial charge in [0.2, 0.25) is 0 Å². The second kappa shape index (κ2) is 10.2. The molecule has 7 nitrogen and oxygen atoms in total. The van der Waals surface area contributed by atoms with E-state index in [9.17, 15) is 5.26 Å². The lowest BCUT2D eigenvalue weighted by atomic mass is 9.89. The normalized spacial score (nSPS) is 19.6. The molecule has 0 saturated carbocycles. The fourth-order valence-electron chi connectivity index (χ4n) is 9.37. The van der Waals surface area contributed by atoms with Gasteiger partial charge in [0.05, 0.1) is 31.5 Å². The fraction of sp³-hybridized carbons (Fsp3) is 0.268. The predicted molar refractivity (Wildman–Crippen MR) is 186 cm³/mol. The zero-order chi connectivity index (χ0) is 32.0. The number of nitrogens with zero attached hydrogens (tertiary/aromatic N) is 6. The van der Waals surface area contributed by atoms with Crippen molar-refractivity contribution in [3.05, 3.63) is 136 Å². The Morgan fingerprint density at radius 3 is 1.73 bits per heavy atom. The Labute approximate surface area is 281 Å². The topological polar surface area (TPSA) is 50.3 Å². The number of nitriles is 1. The number of benzene rings is 4. The number of hydrogen-bond acceptors (Lipinski definition) is 6. The van der Waals surface area contributed by atoms with Crippen LogP contribution in [0.15, 0.2) is 108 Å². The Bertz CT molecular complexity index is 2050. The molecule has 8 bridgehead atoms. The van der Waals surface area contributed by atoms with E-state index in [1.165, 1.54) is 45.0 Å². The molecule has 3 aliphatic carbocycles. The Kier molecular flexibility index (Phi) is 5.82. The Hall–Kier alpha value is -5.66. The summed E-state index contributed by atoms with van der Waals surface area (Å²) in [6.45, 7) is 9.35. The molecule has 4 aromatic carbocycles. The lowest BCUT2D eigenvalue weighted by Crippen LogP contribution is -2.57. The molecule has 4 aromatic rings. The maximum atomic E-state index is 10.2. The highest BCUT2D eigenvalue weighted by Gasteiger charge is 2.58. The van der Waals surface area contributed by atoms with E-state index >= 15 is 0 Å². The average Bonchev–Trinajstić information content (AvgIpc) is 3.80. The molecule has 7 heteroatoms. The van der Waals surface area contributed by atoms with E-state index in [1.54, 1.807) is 0 Å². The summed E-state index contributed by atoms with van der Waals surface area (Å²) in [6.07, 6.45) is 8.61. The number of hydrogen-bond donors (Lipinski definition) is 0. The zero-order valence-electron chi connectivity index (χ0n) is 26.7. The molecule has 0 unspecified atom stereocenters. The van der Waals surface area contributed by atoms with Crippen molar-refractivity contribution in [1.29, 1.82) is 5.26 Å². The second-order valence-electron chi connectivity index (χ2n) is 13.7. The van der Waals surface area contributed by atoms with Gasteiger partial charge in [-0.05, 0) is 86.8 Å². The minimum Gasteiger partial charge on any atom is -0.459 e. The quantitative estimate of drug-likeness (QED) is 0.181. The first-order valence-corrected chi connectivity index (χ1v) is 17.2. The van der Waals surface area contributed by atoms with Crippen LogP contribution in [-0.4, -0.2) is 23.1 Å². The molecule has 0 radical (unpaired) electrons. The standard InChI is InChI=1S/C41H34N6O/c1-43-28-20-30-23-32(21-28)48-31-19-27(24-42)18-29(22-31)44-25-46(39-16-8-6-14-37(39)44)41(47-26-45(30)38-15-7-9-17-40(38)47)35-12-4-2-10-33(35)34-11-3-5-13-36(34)41/h2-5,10-13,18-23H,6-9,14-17,25-26H2. The van der Waals surface area contributed by atoms with Gasteiger partial charge in [0.1, 0.15) is 11.5 Å². The van der Waals surface area contributed by atoms with E-state index < -0.39 is 5.66 Å². The van der Waals surface area contributed by atoms with Crippen LogP contribution < -0.4 is 14.5 Å². The molecule has 3 heterocycles. The van der Waals surface area contributed by atoms with Gasteiger partial charge in [-0.1, -0.05) is 48.5 Å². The van der Waals surface area contributed by atoms with Crippen LogP contribution in [0.4, 0.5) is 17.1 Å². The van der Waals surface area contributed by atoms with Crippen molar-refractivity contribution in [3.63, 3.8) is 0 Å². The van der Waals surface area contributed by atoms with Gasteiger partial charge in [-0.2, -0.15) is 5.26 Å². The largest absolute Gasteiger partial charge is 0.459 e. The van der Waals surface area contributed by atoms with E-state index in [-0.39, 0.29) is 0 Å². The molecular formula is C41H34N6O. The van der Waals surface area contributed by atoms with Crippen LogP contribution in [-0.2, 0) is 5.66 Å². The smallest absolute Gasteiger partial charge is 0.192 e. The van der Waals surface area contributed by atoms with Crippen molar-refractivity contribution in [2.45, 2.75) is 57.0 Å². The van der Waals surface area contributed by atoms with Crippen molar-refractivity contribution in [3.8, 4) is 28.7 Å². The summed E-state index contributed by atoms with van der Waals surface area (Å²) in [6, 6.07) is 32.3. The van der Waals surface area contributed by atoms with Gasteiger partial charge in [-0.3, -0.25) is 0 Å². The third kappa shape index (κ3) is 3.67. The van der Waals surface area contributed by atoms with Gasteiger partial charge in [-0.15, -0.1) is 0 Å². The Balaban J connectivity index is 1.32. The molecular weight excluding hydrogens is 592 g/mol. The lowest BCUT2D eigenvalue weighted by molar-refractivity contribution is 0.0264. The third-order valence-electron chi connectivity index (χ3n) is 11.3. The van der Waals surface area contributed by atoms with Crippen LogP contribution in [0.5, 0.6) is 11.5 Å². The molecule has 0 fully saturated rings. The average molecular weight is 627 g/mol. The number of allylic oxidation sites excluding steroid dienone is 4. The highest BCUT2D eigenvalue weighted by atomic mass is 16.5. The first kappa shape index (κ1) is 27.5. The SMILES string of the molecule is [C-]#[N+]c1cc2cc(c1)N1CN(C3=C1CCCC3)C1(c3ccccc3-c3ccccc31)N1CN(C3=C1CCCC3)c1cc(C#N)cc(c1)O2. The summed E-state index contributed by atoms with van der Waals surface area (Å²) >= 11 is 0. The maximum Gasteiger partial charge on any atom is 0.192 e. The first-order valence-electron chi connectivity index (χ1n) is 17.2. The molecule has 0 N–H and O–H groups in total. The summed E-state index contributed by atoms with van der Waals surface area (Å²) in [5.41, 5.74) is 13.2. The van der Waals surface area contributed by atoms with E-state index in [4.69, 9.17) is 11.3 Å². The minimum atomic E-state index is -0.580. The van der Waals surface area contributed by atoms with Crippen LogP contribution in [0.25, 0.3) is 16.0 Å². The van der Waals surface area contributed by atoms with Crippen LogP contribution in [0.2, 0.25) is 0 Å². The van der Waals surface area contributed by atoms with Crippen LogP contribution in [0, 0.1) is 17.9 Å². The molecule has 48 heavy (non-hydrogen) atoms. The third-order valence-corrected chi connectivity index (χ3v) is 11.3. The maximum absolute atomic E-state index is 10.2. The lowest BCUT2D eigenvalue weighted by Gasteiger charge is -2.51. The molecule has 0 aromatic heterocycles. The Morgan fingerprint density at radius 2 is 1.17 bits per heavy atom. The van der Waals surface area contributed by atoms with Gasteiger partial charge < -0.3 is 24.3 Å². The van der Waals surface area contributed by atoms with Crippen LogP contribution in [0.1, 0.15) is 68.1 Å². The summed E-state index contributed by atoms with van der Waals surface area (Å²) in [4.78, 5) is 14.2. The monoisotopic (exact) mass is 626 g/mol. The summed E-state index contributed by atoms with van der Waals surface area (Å²) < 4.78 is 6.55. The van der Waals surface area contributed by atoms with Gasteiger partial charge >= 0.3 is 0 Å². The number of anilines is 2. The summed E-state index contributed by atoms with van der Waals surface area (Å²) in [7, 11) is 0. The van der Waals surface area contributed by atoms with E-state index in [0.717, 1.165) is 62.7 Å². The van der Waals surface area contributed by atoms with Gasteiger partial charge in [0.15, 0.2) is 11.4 Å². The van der Waals surface area contributed by atoms with Crippen LogP contribution in [0.3, 0.4) is 0 Å². The number of rotatable bonds is 0. The number of ether oxygens (including phenoxy) is 1. The molecule has 0 saturated heterocycles. The minimum absolute atomic E-state index is 0.540. The zero-order valence-corrected chi connectivity index (χ0v) is 26.7. The van der Waals surface area contributed by atoms with Crippen molar-refractivity contribution in [2.75, 3.05) is 23.1 Å². The predicted octanol–water partition coefficient (Wildman–Crippen LogP) is 9.53. The van der Waals surface area contributed by atoms with Crippen molar-refractivity contribution in [2.24, 2.45) is 0 Å². The van der Waals surface area contributed by atoms with E-state index in [1.807, 2.05) is 24.3 Å². The molecule has 0 atom stereocenters. The van der Waals surface area contributed by atoms with E-state index in [2.05, 4.69) is 91.2 Å². The molecule has 10 rings (SSSR count).